The normalized spacial score (nSPS) is 14.4. The molecule has 0 aromatic rings. The lowest BCUT2D eigenvalue weighted by molar-refractivity contribution is -0.161. The number of carbonyl (C=O) groups excluding carboxylic acids is 4. The molecule has 0 saturated carbocycles. The van der Waals surface area contributed by atoms with E-state index in [4.69, 9.17) is 37.0 Å². The molecule has 0 aromatic heterocycles. The minimum absolute atomic E-state index is 0.101. The smallest absolute Gasteiger partial charge is 0.462 e. The number of unbranched alkanes of at least 4 members (excludes halogenated alkanes) is 29. The first-order valence-corrected chi connectivity index (χ1v) is 37.2. The summed E-state index contributed by atoms with van der Waals surface area (Å²) in [5.41, 5.74) is 0. The van der Waals surface area contributed by atoms with Gasteiger partial charge in [-0.25, -0.2) is 9.13 Å². The van der Waals surface area contributed by atoms with Crippen LogP contribution in [0.2, 0.25) is 0 Å². The molecule has 0 bridgehead atoms. The maximum absolute atomic E-state index is 13.0. The van der Waals surface area contributed by atoms with Crippen LogP contribution in [-0.2, 0) is 65.4 Å². The number of aliphatic hydroxyl groups is 1. The number of hydrogen-bond donors (Lipinski definition) is 3. The minimum atomic E-state index is -4.95. The molecule has 0 rings (SSSR count). The third-order valence-corrected chi connectivity index (χ3v) is 17.0. The number of carbonyl (C=O) groups is 4. The summed E-state index contributed by atoms with van der Waals surface area (Å²) in [6.45, 7) is 13.9. The summed E-state index contributed by atoms with van der Waals surface area (Å²) < 4.78 is 68.0. The Labute approximate surface area is 517 Å². The monoisotopic (exact) mass is 1250 g/mol. The van der Waals surface area contributed by atoms with Crippen molar-refractivity contribution >= 4 is 39.5 Å². The second kappa shape index (κ2) is 56.1. The van der Waals surface area contributed by atoms with Crippen molar-refractivity contribution in [2.45, 2.75) is 337 Å². The Morgan fingerprint density at radius 1 is 0.294 bits per heavy atom. The SMILES string of the molecule is CC(C)CCCCCCCCCCCCC(=O)OC[C@H](COP(=O)(O)OCC(O)COP(=O)(O)OC[C@@H](COC(=O)CCCCCCCCCC(C)C)OC(=O)CCCCCCCCC(C)C)OC(=O)CCCCCCCCCCCCC(C)C. The molecule has 0 aliphatic heterocycles. The number of aliphatic hydroxyl groups excluding tert-OH is 1. The van der Waals surface area contributed by atoms with Crippen molar-refractivity contribution in [3.63, 3.8) is 0 Å². The second-order valence-electron chi connectivity index (χ2n) is 25.8. The van der Waals surface area contributed by atoms with E-state index in [1.165, 1.54) is 116 Å². The summed E-state index contributed by atoms with van der Waals surface area (Å²) >= 11 is 0. The second-order valence-corrected chi connectivity index (χ2v) is 28.7. The van der Waals surface area contributed by atoms with Gasteiger partial charge < -0.3 is 33.8 Å². The molecule has 0 fully saturated rings. The molecule has 3 unspecified atom stereocenters. The first kappa shape index (κ1) is 83.1. The van der Waals surface area contributed by atoms with Gasteiger partial charge in [0.1, 0.15) is 19.3 Å². The van der Waals surface area contributed by atoms with Crippen LogP contribution in [0.1, 0.15) is 319 Å². The van der Waals surface area contributed by atoms with Crippen molar-refractivity contribution < 1.29 is 80.2 Å². The number of ether oxygens (including phenoxy) is 4. The van der Waals surface area contributed by atoms with Gasteiger partial charge in [0.25, 0.3) is 0 Å². The fourth-order valence-corrected chi connectivity index (χ4v) is 11.4. The summed E-state index contributed by atoms with van der Waals surface area (Å²) in [5.74, 6) is 0.745. The van der Waals surface area contributed by atoms with Crippen molar-refractivity contribution in [1.82, 2.24) is 0 Å². The average molecular weight is 1260 g/mol. The Bertz CT molecular complexity index is 1700. The molecule has 0 spiro atoms. The Balaban J connectivity index is 5.24. The predicted octanol–water partition coefficient (Wildman–Crippen LogP) is 18.1. The van der Waals surface area contributed by atoms with Gasteiger partial charge in [-0.3, -0.25) is 37.3 Å². The van der Waals surface area contributed by atoms with Crippen LogP contribution in [0.3, 0.4) is 0 Å². The highest BCUT2D eigenvalue weighted by atomic mass is 31.2. The molecule has 85 heavy (non-hydrogen) atoms. The van der Waals surface area contributed by atoms with E-state index in [0.29, 0.717) is 37.5 Å². The highest BCUT2D eigenvalue weighted by Crippen LogP contribution is 2.45. The van der Waals surface area contributed by atoms with Crippen LogP contribution in [0.4, 0.5) is 0 Å². The van der Waals surface area contributed by atoms with E-state index in [2.05, 4.69) is 55.4 Å². The first-order valence-electron chi connectivity index (χ1n) is 34.2. The molecule has 5 atom stereocenters. The summed E-state index contributed by atoms with van der Waals surface area (Å²) in [4.78, 5) is 72.3. The van der Waals surface area contributed by atoms with Crippen LogP contribution in [-0.4, -0.2) is 96.7 Å². The molecule has 0 aromatic carbocycles. The lowest BCUT2D eigenvalue weighted by Crippen LogP contribution is -2.30. The van der Waals surface area contributed by atoms with Crippen molar-refractivity contribution in [2.75, 3.05) is 39.6 Å². The predicted molar refractivity (Wildman–Crippen MR) is 340 cm³/mol. The van der Waals surface area contributed by atoms with Gasteiger partial charge in [-0.2, -0.15) is 0 Å². The Morgan fingerprint density at radius 2 is 0.494 bits per heavy atom. The molecule has 0 heterocycles. The zero-order valence-corrected chi connectivity index (χ0v) is 57.0. The van der Waals surface area contributed by atoms with Gasteiger partial charge in [-0.05, 0) is 49.4 Å². The average Bonchev–Trinajstić information content (AvgIpc) is 3.53. The van der Waals surface area contributed by atoms with Gasteiger partial charge in [0.2, 0.25) is 0 Å². The standard InChI is InChI=1S/C66H128O17P2/c1-56(2)42-34-26-18-13-9-11-15-21-30-38-46-63(68)76-52-61(82-65(70)48-40-32-22-16-12-10-14-19-27-35-43-57(3)4)54-80-84(72,73)78-50-60(67)51-79-85(74,75)81-55-62(83-66(71)49-41-33-25-24-29-37-45-59(7)8)53-77-64(69)47-39-31-23-17-20-28-36-44-58(5)6/h56-62,67H,9-55H2,1-8H3,(H,72,73)(H,74,75)/t60?,61-,62-/m1/s1. The van der Waals surface area contributed by atoms with Crippen LogP contribution < -0.4 is 0 Å². The zero-order valence-electron chi connectivity index (χ0n) is 55.2. The molecule has 0 aliphatic carbocycles. The van der Waals surface area contributed by atoms with Crippen LogP contribution in [0.15, 0.2) is 0 Å². The van der Waals surface area contributed by atoms with Gasteiger partial charge in [0.05, 0.1) is 26.4 Å². The summed E-state index contributed by atoms with van der Waals surface area (Å²) in [7, 11) is -9.89. The number of hydrogen-bond acceptors (Lipinski definition) is 15. The summed E-state index contributed by atoms with van der Waals surface area (Å²) in [5, 5.41) is 10.5. The minimum Gasteiger partial charge on any atom is -0.462 e. The third-order valence-electron chi connectivity index (χ3n) is 15.1. The molecule has 0 aliphatic rings. The summed E-state index contributed by atoms with van der Waals surface area (Å²) in [6.07, 6.45) is 36.4. The lowest BCUT2D eigenvalue weighted by atomic mass is 10.0. The van der Waals surface area contributed by atoms with Crippen LogP contribution in [0.5, 0.6) is 0 Å². The quantitative estimate of drug-likeness (QED) is 0.0222. The first-order chi connectivity index (χ1) is 40.6. The van der Waals surface area contributed by atoms with Crippen molar-refractivity contribution in [1.29, 1.82) is 0 Å². The van der Waals surface area contributed by atoms with Crippen LogP contribution in [0.25, 0.3) is 0 Å². The Morgan fingerprint density at radius 3 is 0.729 bits per heavy atom. The fourth-order valence-electron chi connectivity index (χ4n) is 9.78. The summed E-state index contributed by atoms with van der Waals surface area (Å²) in [6, 6.07) is 0. The number of phosphoric ester groups is 2. The van der Waals surface area contributed by atoms with Crippen LogP contribution in [0, 0.1) is 23.7 Å². The molecule has 0 radical (unpaired) electrons. The van der Waals surface area contributed by atoms with E-state index in [0.717, 1.165) is 108 Å². The molecule has 19 heteroatoms. The lowest BCUT2D eigenvalue weighted by Gasteiger charge is -2.21. The van der Waals surface area contributed by atoms with Crippen LogP contribution >= 0.6 is 15.6 Å². The fraction of sp³-hybridized carbons (Fsp3) is 0.939. The van der Waals surface area contributed by atoms with Gasteiger partial charge in [-0.15, -0.1) is 0 Å². The molecular formula is C66H128O17P2. The zero-order chi connectivity index (χ0) is 63.2. The van der Waals surface area contributed by atoms with E-state index in [9.17, 15) is 43.2 Å². The molecule has 504 valence electrons. The van der Waals surface area contributed by atoms with Gasteiger partial charge in [0.15, 0.2) is 12.2 Å². The molecule has 17 nitrogen and oxygen atoms in total. The van der Waals surface area contributed by atoms with E-state index < -0.39 is 97.5 Å². The topological polar surface area (TPSA) is 237 Å². The maximum Gasteiger partial charge on any atom is 0.472 e. The molecular weight excluding hydrogens is 1130 g/mol. The molecule has 0 amide bonds. The van der Waals surface area contributed by atoms with Crippen molar-refractivity contribution in [2.24, 2.45) is 23.7 Å². The Kier molecular flexibility index (Phi) is 54.8. The number of rotatable bonds is 63. The number of phosphoric acid groups is 2. The molecule has 0 saturated heterocycles. The Hall–Kier alpha value is -1.94. The number of esters is 4. The highest BCUT2D eigenvalue weighted by Gasteiger charge is 2.30. The van der Waals surface area contributed by atoms with Crippen molar-refractivity contribution in [3.8, 4) is 0 Å². The maximum atomic E-state index is 13.0. The van der Waals surface area contributed by atoms with Crippen molar-refractivity contribution in [3.05, 3.63) is 0 Å². The largest absolute Gasteiger partial charge is 0.472 e. The molecule has 3 N–H and O–H groups in total. The highest BCUT2D eigenvalue weighted by molar-refractivity contribution is 7.47. The van der Waals surface area contributed by atoms with Gasteiger partial charge in [-0.1, -0.05) is 267 Å². The van der Waals surface area contributed by atoms with E-state index in [-0.39, 0.29) is 25.7 Å². The van der Waals surface area contributed by atoms with E-state index in [1.807, 2.05) is 0 Å². The van der Waals surface area contributed by atoms with Gasteiger partial charge in [0, 0.05) is 25.7 Å². The van der Waals surface area contributed by atoms with E-state index >= 15 is 0 Å². The third kappa shape index (κ3) is 60.7. The van der Waals surface area contributed by atoms with Gasteiger partial charge >= 0.3 is 39.5 Å². The van der Waals surface area contributed by atoms with E-state index in [1.54, 1.807) is 0 Å².